The van der Waals surface area contributed by atoms with E-state index in [4.69, 9.17) is 9.47 Å². The number of methoxy groups -OCH3 is 1. The maximum Gasteiger partial charge on any atom is 0.337 e. The Labute approximate surface area is 155 Å². The predicted molar refractivity (Wildman–Crippen MR) is 104 cm³/mol. The van der Waals surface area contributed by atoms with Gasteiger partial charge in [-0.1, -0.05) is 48.5 Å². The van der Waals surface area contributed by atoms with Gasteiger partial charge in [0.05, 0.1) is 17.2 Å². The van der Waals surface area contributed by atoms with E-state index in [9.17, 15) is 4.79 Å². The molecular weight excluding hydrogens is 380 g/mol. The molecule has 3 nitrogen and oxygen atoms in total. The lowest BCUT2D eigenvalue weighted by atomic mass is 10.1. The predicted octanol–water partition coefficient (Wildman–Crippen LogP) is 5.24. The third-order valence-corrected chi connectivity index (χ3v) is 4.44. The summed E-state index contributed by atoms with van der Waals surface area (Å²) in [4.78, 5) is 12.1. The maximum atomic E-state index is 12.1. The molecule has 4 heteroatoms. The lowest BCUT2D eigenvalue weighted by Gasteiger charge is -2.10. The van der Waals surface area contributed by atoms with Gasteiger partial charge in [0, 0.05) is 0 Å². The van der Waals surface area contributed by atoms with E-state index in [1.807, 2.05) is 60.7 Å². The molecule has 0 radical (unpaired) electrons. The van der Waals surface area contributed by atoms with Crippen molar-refractivity contribution in [3.63, 3.8) is 0 Å². The van der Waals surface area contributed by atoms with Gasteiger partial charge in [-0.25, -0.2) is 4.79 Å². The summed E-state index contributed by atoms with van der Waals surface area (Å²) in [6.45, 7) is 0.127. The van der Waals surface area contributed by atoms with Crippen LogP contribution in [-0.4, -0.2) is 19.7 Å². The molecule has 0 bridgehead atoms. The van der Waals surface area contributed by atoms with Crippen molar-refractivity contribution < 1.29 is 14.3 Å². The summed E-state index contributed by atoms with van der Waals surface area (Å²) in [6.07, 6.45) is 1.80. The summed E-state index contributed by atoms with van der Waals surface area (Å²) < 4.78 is 11.5. The van der Waals surface area contributed by atoms with Crippen LogP contribution in [-0.2, 0) is 9.53 Å². The smallest absolute Gasteiger partial charge is 0.337 e. The van der Waals surface area contributed by atoms with Crippen LogP contribution in [0.2, 0.25) is 0 Å². The highest BCUT2D eigenvalue weighted by Gasteiger charge is 2.12. The second-order valence-electron chi connectivity index (χ2n) is 5.49. The van der Waals surface area contributed by atoms with Gasteiger partial charge in [-0.15, -0.1) is 0 Å². The molecule has 0 aliphatic rings. The van der Waals surface area contributed by atoms with Gasteiger partial charge < -0.3 is 9.47 Å². The van der Waals surface area contributed by atoms with Crippen LogP contribution in [0.15, 0.2) is 76.8 Å². The molecule has 0 spiro atoms. The number of rotatable bonds is 5. The lowest BCUT2D eigenvalue weighted by Crippen LogP contribution is -2.12. The fourth-order valence-corrected chi connectivity index (χ4v) is 2.91. The van der Waals surface area contributed by atoms with E-state index in [2.05, 4.69) is 22.0 Å². The number of esters is 1. The van der Waals surface area contributed by atoms with Crippen molar-refractivity contribution in [2.75, 3.05) is 13.7 Å². The van der Waals surface area contributed by atoms with Crippen LogP contribution in [0.5, 0.6) is 5.75 Å². The van der Waals surface area contributed by atoms with Gasteiger partial charge in [0.25, 0.3) is 0 Å². The fraction of sp³-hybridized carbons (Fsp3) is 0.0952. The lowest BCUT2D eigenvalue weighted by molar-refractivity contribution is -0.136. The Morgan fingerprint density at radius 3 is 2.48 bits per heavy atom. The van der Waals surface area contributed by atoms with Crippen LogP contribution in [0, 0.1) is 0 Å². The van der Waals surface area contributed by atoms with E-state index in [1.54, 1.807) is 6.08 Å². The number of benzene rings is 3. The van der Waals surface area contributed by atoms with Gasteiger partial charge >= 0.3 is 5.97 Å². The highest BCUT2D eigenvalue weighted by atomic mass is 79.9. The molecule has 0 aromatic heterocycles. The zero-order chi connectivity index (χ0) is 17.6. The summed E-state index contributed by atoms with van der Waals surface area (Å²) in [7, 11) is 1.37. The number of fused-ring (bicyclic) bond motifs is 1. The third-order valence-electron chi connectivity index (χ3n) is 3.78. The van der Waals surface area contributed by atoms with Crippen LogP contribution in [0.4, 0.5) is 0 Å². The van der Waals surface area contributed by atoms with Gasteiger partial charge in [-0.3, -0.25) is 0 Å². The first-order chi connectivity index (χ1) is 12.2. The van der Waals surface area contributed by atoms with Gasteiger partial charge in [0.2, 0.25) is 0 Å². The first kappa shape index (κ1) is 17.2. The Kier molecular flexibility index (Phi) is 5.51. The van der Waals surface area contributed by atoms with Crippen molar-refractivity contribution in [3.8, 4) is 5.75 Å². The topological polar surface area (TPSA) is 35.5 Å². The molecule has 0 amide bonds. The van der Waals surface area contributed by atoms with E-state index in [-0.39, 0.29) is 6.61 Å². The van der Waals surface area contributed by atoms with Crippen LogP contribution in [0.3, 0.4) is 0 Å². The van der Waals surface area contributed by atoms with Gasteiger partial charge in [0.15, 0.2) is 0 Å². The number of hydrogen-bond acceptors (Lipinski definition) is 3. The molecule has 126 valence electrons. The van der Waals surface area contributed by atoms with E-state index < -0.39 is 5.97 Å². The number of halogens is 1. The van der Waals surface area contributed by atoms with Crippen molar-refractivity contribution in [2.45, 2.75) is 0 Å². The average molecular weight is 397 g/mol. The fourth-order valence-electron chi connectivity index (χ4n) is 2.51. The molecule has 0 saturated carbocycles. The summed E-state index contributed by atoms with van der Waals surface area (Å²) >= 11 is 3.43. The summed E-state index contributed by atoms with van der Waals surface area (Å²) in [5, 5.41) is 2.27. The van der Waals surface area contributed by atoms with Gasteiger partial charge in [-0.05, 0) is 56.5 Å². The highest BCUT2D eigenvalue weighted by Crippen LogP contribution is 2.25. The van der Waals surface area contributed by atoms with E-state index in [0.717, 1.165) is 20.8 Å². The minimum absolute atomic E-state index is 0.127. The Morgan fingerprint density at radius 2 is 1.72 bits per heavy atom. The molecule has 3 aromatic rings. The van der Waals surface area contributed by atoms with Crippen molar-refractivity contribution in [1.82, 2.24) is 0 Å². The minimum atomic E-state index is -0.403. The molecule has 0 heterocycles. The van der Waals surface area contributed by atoms with Crippen LogP contribution in [0.1, 0.15) is 5.56 Å². The summed E-state index contributed by atoms with van der Waals surface area (Å²) in [5.74, 6) is 0.274. The summed E-state index contributed by atoms with van der Waals surface area (Å²) in [6, 6.07) is 21.7. The number of para-hydroxylation sites is 1. The van der Waals surface area contributed by atoms with E-state index in [0.29, 0.717) is 11.3 Å². The first-order valence-corrected chi connectivity index (χ1v) is 8.61. The van der Waals surface area contributed by atoms with Crippen molar-refractivity contribution in [1.29, 1.82) is 0 Å². The number of carbonyl (C=O) groups excluding carboxylic acids is 1. The zero-order valence-corrected chi connectivity index (χ0v) is 15.3. The number of carbonyl (C=O) groups is 1. The molecule has 0 saturated heterocycles. The monoisotopic (exact) mass is 396 g/mol. The molecule has 3 rings (SSSR count). The molecular formula is C21H17BrO3. The second-order valence-corrected chi connectivity index (χ2v) is 6.34. The molecule has 3 aromatic carbocycles. The maximum absolute atomic E-state index is 12.1. The summed E-state index contributed by atoms with van der Waals surface area (Å²) in [5.41, 5.74) is 1.38. The number of ether oxygens (including phenoxy) is 2. The molecule has 0 aliphatic carbocycles. The molecule has 25 heavy (non-hydrogen) atoms. The van der Waals surface area contributed by atoms with Crippen LogP contribution >= 0.6 is 15.9 Å². The molecule has 0 N–H and O–H groups in total. The standard InChI is InChI=1S/C21H17BrO3/c1-24-21(23)18(14-25-20-9-5-4-8-19(20)22)13-15-10-11-16-6-2-3-7-17(16)12-15/h2-13H,14H2,1H3/b18-13-. The average Bonchev–Trinajstić information content (AvgIpc) is 2.65. The Balaban J connectivity index is 1.87. The van der Waals surface area contributed by atoms with Crippen molar-refractivity contribution in [2.24, 2.45) is 0 Å². The molecule has 0 fully saturated rings. The van der Waals surface area contributed by atoms with Crippen molar-refractivity contribution >= 4 is 38.7 Å². The Hall–Kier alpha value is -2.59. The molecule has 0 unspecified atom stereocenters. The van der Waals surface area contributed by atoms with E-state index in [1.165, 1.54) is 7.11 Å². The normalized spacial score (nSPS) is 11.4. The van der Waals surface area contributed by atoms with E-state index >= 15 is 0 Å². The number of hydrogen-bond donors (Lipinski definition) is 0. The molecule has 0 aliphatic heterocycles. The Bertz CT molecular complexity index is 931. The largest absolute Gasteiger partial charge is 0.487 e. The zero-order valence-electron chi connectivity index (χ0n) is 13.7. The SMILES string of the molecule is COC(=O)/C(=C\c1ccc2ccccc2c1)COc1ccccc1Br. The first-order valence-electron chi connectivity index (χ1n) is 7.82. The molecule has 0 atom stereocenters. The van der Waals surface area contributed by atoms with Crippen LogP contribution in [0.25, 0.3) is 16.8 Å². The second kappa shape index (κ2) is 7.99. The Morgan fingerprint density at radius 1 is 1.00 bits per heavy atom. The van der Waals surface area contributed by atoms with Gasteiger partial charge in [-0.2, -0.15) is 0 Å². The minimum Gasteiger partial charge on any atom is -0.487 e. The van der Waals surface area contributed by atoms with Crippen molar-refractivity contribution in [3.05, 3.63) is 82.3 Å². The quantitative estimate of drug-likeness (QED) is 0.437. The third kappa shape index (κ3) is 4.28. The van der Waals surface area contributed by atoms with Crippen LogP contribution < -0.4 is 4.74 Å². The highest BCUT2D eigenvalue weighted by molar-refractivity contribution is 9.10. The van der Waals surface area contributed by atoms with Gasteiger partial charge in [0.1, 0.15) is 12.4 Å².